The smallest absolute Gasteiger partial charge is 0.408 e. The first kappa shape index (κ1) is 23.8. The molecule has 0 fully saturated rings. The Morgan fingerprint density at radius 3 is 2.39 bits per heavy atom. The summed E-state index contributed by atoms with van der Waals surface area (Å²) in [5.41, 5.74) is 0.852. The van der Waals surface area contributed by atoms with Gasteiger partial charge in [0.2, 0.25) is 5.91 Å². The zero-order chi connectivity index (χ0) is 20.9. The van der Waals surface area contributed by atoms with E-state index in [0.29, 0.717) is 18.6 Å². The fourth-order valence-corrected chi connectivity index (χ4v) is 2.93. The maximum absolute atomic E-state index is 12.7. The van der Waals surface area contributed by atoms with Crippen molar-refractivity contribution in [3.63, 3.8) is 0 Å². The predicted molar refractivity (Wildman–Crippen MR) is 110 cm³/mol. The molecule has 0 bridgehead atoms. The highest BCUT2D eigenvalue weighted by Gasteiger charge is 2.30. The summed E-state index contributed by atoms with van der Waals surface area (Å²) in [5, 5.41) is 5.32. The number of amides is 2. The van der Waals surface area contributed by atoms with Crippen molar-refractivity contribution in [2.24, 2.45) is 5.92 Å². The Morgan fingerprint density at radius 2 is 1.82 bits per heavy atom. The van der Waals surface area contributed by atoms with Crippen molar-refractivity contribution in [1.29, 1.82) is 0 Å². The summed E-state index contributed by atoms with van der Waals surface area (Å²) in [6.45, 7) is 3.90. The van der Waals surface area contributed by atoms with Gasteiger partial charge in [-0.2, -0.15) is 11.8 Å². The summed E-state index contributed by atoms with van der Waals surface area (Å²) < 4.78 is 10.00. The first-order chi connectivity index (χ1) is 13.4. The number of ether oxygens (including phenoxy) is 2. The molecule has 0 aliphatic carbocycles. The van der Waals surface area contributed by atoms with Crippen molar-refractivity contribution in [2.45, 2.75) is 45.4 Å². The van der Waals surface area contributed by atoms with Crippen molar-refractivity contribution >= 4 is 29.7 Å². The molecule has 0 aromatic heterocycles. The van der Waals surface area contributed by atoms with Crippen molar-refractivity contribution in [3.05, 3.63) is 35.9 Å². The molecule has 3 atom stereocenters. The molecule has 0 aliphatic heterocycles. The number of methoxy groups -OCH3 is 1. The van der Waals surface area contributed by atoms with Gasteiger partial charge in [0.25, 0.3) is 0 Å². The van der Waals surface area contributed by atoms with Crippen LogP contribution < -0.4 is 10.6 Å². The zero-order valence-electron chi connectivity index (χ0n) is 16.9. The van der Waals surface area contributed by atoms with Gasteiger partial charge in [-0.25, -0.2) is 9.59 Å². The van der Waals surface area contributed by atoms with Gasteiger partial charge >= 0.3 is 12.1 Å². The number of hydrogen-bond donors (Lipinski definition) is 2. The molecule has 0 radical (unpaired) electrons. The van der Waals surface area contributed by atoms with E-state index in [0.717, 1.165) is 5.56 Å². The number of nitrogens with one attached hydrogen (secondary N) is 2. The van der Waals surface area contributed by atoms with Gasteiger partial charge in [-0.15, -0.1) is 0 Å². The van der Waals surface area contributed by atoms with Gasteiger partial charge in [0, 0.05) is 0 Å². The molecule has 0 saturated carbocycles. The molecule has 1 rings (SSSR count). The molecular weight excluding hydrogens is 380 g/mol. The molecule has 28 heavy (non-hydrogen) atoms. The fraction of sp³-hybridized carbons (Fsp3) is 0.550. The first-order valence-corrected chi connectivity index (χ1v) is 10.7. The van der Waals surface area contributed by atoms with E-state index < -0.39 is 30.1 Å². The van der Waals surface area contributed by atoms with Crippen LogP contribution in [0.1, 0.15) is 32.3 Å². The van der Waals surface area contributed by atoms with Crippen LogP contribution in [0.5, 0.6) is 0 Å². The molecule has 0 spiro atoms. The topological polar surface area (TPSA) is 93.7 Å². The number of rotatable bonds is 11. The summed E-state index contributed by atoms with van der Waals surface area (Å²) in [5.74, 6) is -0.356. The van der Waals surface area contributed by atoms with E-state index >= 15 is 0 Å². The maximum Gasteiger partial charge on any atom is 0.408 e. The number of carbonyl (C=O) groups is 3. The summed E-state index contributed by atoms with van der Waals surface area (Å²) >= 11 is 1.56. The molecule has 1 aromatic carbocycles. The standard InChI is InChI=1S/C20H30N2O5S/c1-5-14(2)17(19(24)26-3)22-18(23)16(11-12-28-4)21-20(25)27-13-15-9-7-6-8-10-15/h6-10,14,16-17H,5,11-13H2,1-4H3,(H,21,25)(H,22,23)/t14-,16+,17+/m1/s1. The minimum Gasteiger partial charge on any atom is -0.467 e. The third-order valence-electron chi connectivity index (χ3n) is 4.40. The Balaban J connectivity index is 2.71. The molecule has 8 heteroatoms. The average molecular weight is 411 g/mol. The number of benzene rings is 1. The highest BCUT2D eigenvalue weighted by atomic mass is 32.2. The molecule has 1 aromatic rings. The van der Waals surface area contributed by atoms with Crippen molar-refractivity contribution < 1.29 is 23.9 Å². The van der Waals surface area contributed by atoms with Crippen LogP contribution >= 0.6 is 11.8 Å². The number of hydrogen-bond acceptors (Lipinski definition) is 6. The summed E-state index contributed by atoms with van der Waals surface area (Å²) in [6, 6.07) is 7.71. The molecular formula is C20H30N2O5S. The SMILES string of the molecule is CC[C@@H](C)[C@H](NC(=O)[C@H](CCSC)NC(=O)OCc1ccccc1)C(=O)OC. The quantitative estimate of drug-likeness (QED) is 0.545. The Labute approximate surface area is 170 Å². The van der Waals surface area contributed by atoms with Gasteiger partial charge in [-0.1, -0.05) is 50.6 Å². The monoisotopic (exact) mass is 410 g/mol. The lowest BCUT2D eigenvalue weighted by Gasteiger charge is -2.25. The highest BCUT2D eigenvalue weighted by Crippen LogP contribution is 2.11. The van der Waals surface area contributed by atoms with E-state index in [9.17, 15) is 14.4 Å². The minimum atomic E-state index is -0.799. The van der Waals surface area contributed by atoms with Crippen LogP contribution in [0.2, 0.25) is 0 Å². The van der Waals surface area contributed by atoms with Gasteiger partial charge < -0.3 is 20.1 Å². The van der Waals surface area contributed by atoms with E-state index in [1.807, 2.05) is 50.4 Å². The van der Waals surface area contributed by atoms with E-state index in [-0.39, 0.29) is 12.5 Å². The summed E-state index contributed by atoms with van der Waals surface area (Å²) in [4.78, 5) is 36.9. The Hall–Kier alpha value is -2.22. The second-order valence-electron chi connectivity index (χ2n) is 6.44. The molecule has 0 heterocycles. The summed E-state index contributed by atoms with van der Waals surface area (Å²) in [7, 11) is 1.29. The molecule has 0 aliphatic rings. The molecule has 7 nitrogen and oxygen atoms in total. The van der Waals surface area contributed by atoms with Crippen molar-refractivity contribution in [2.75, 3.05) is 19.1 Å². The Bertz CT molecular complexity index is 626. The highest BCUT2D eigenvalue weighted by molar-refractivity contribution is 7.98. The second-order valence-corrected chi connectivity index (χ2v) is 7.42. The fourth-order valence-electron chi connectivity index (χ4n) is 2.46. The lowest BCUT2D eigenvalue weighted by molar-refractivity contribution is -0.146. The molecule has 2 amide bonds. The van der Waals surface area contributed by atoms with Crippen LogP contribution in [0.15, 0.2) is 30.3 Å². The second kappa shape index (κ2) is 13.0. The van der Waals surface area contributed by atoms with Crippen molar-refractivity contribution in [1.82, 2.24) is 10.6 Å². The molecule has 2 N–H and O–H groups in total. The van der Waals surface area contributed by atoms with Gasteiger partial charge in [-0.3, -0.25) is 4.79 Å². The van der Waals surface area contributed by atoms with Gasteiger partial charge in [0.05, 0.1) is 7.11 Å². The van der Waals surface area contributed by atoms with Crippen LogP contribution in [-0.4, -0.2) is 49.2 Å². The van der Waals surface area contributed by atoms with Crippen LogP contribution in [-0.2, 0) is 25.7 Å². The van der Waals surface area contributed by atoms with Crippen LogP contribution in [0, 0.1) is 5.92 Å². The zero-order valence-corrected chi connectivity index (χ0v) is 17.7. The average Bonchev–Trinajstić information content (AvgIpc) is 2.72. The van der Waals surface area contributed by atoms with Crippen molar-refractivity contribution in [3.8, 4) is 0 Å². The van der Waals surface area contributed by atoms with Gasteiger partial charge in [0.15, 0.2) is 0 Å². The number of thioether (sulfide) groups is 1. The van der Waals surface area contributed by atoms with E-state index in [1.54, 1.807) is 11.8 Å². The largest absolute Gasteiger partial charge is 0.467 e. The maximum atomic E-state index is 12.7. The predicted octanol–water partition coefficient (Wildman–Crippen LogP) is 2.74. The number of esters is 1. The lowest BCUT2D eigenvalue weighted by Crippen LogP contribution is -2.53. The molecule has 0 saturated heterocycles. The first-order valence-electron chi connectivity index (χ1n) is 9.27. The van der Waals surface area contributed by atoms with E-state index in [4.69, 9.17) is 9.47 Å². The Morgan fingerprint density at radius 1 is 1.14 bits per heavy atom. The number of carbonyl (C=O) groups excluding carboxylic acids is 3. The minimum absolute atomic E-state index is 0.0948. The molecule has 156 valence electrons. The summed E-state index contributed by atoms with van der Waals surface area (Å²) in [6.07, 6.45) is 2.35. The van der Waals surface area contributed by atoms with Crippen LogP contribution in [0.25, 0.3) is 0 Å². The lowest BCUT2D eigenvalue weighted by atomic mass is 9.98. The van der Waals surface area contributed by atoms with Crippen LogP contribution in [0.4, 0.5) is 4.79 Å². The van der Waals surface area contributed by atoms with Gasteiger partial charge in [0.1, 0.15) is 18.7 Å². The third-order valence-corrected chi connectivity index (χ3v) is 5.04. The van der Waals surface area contributed by atoms with E-state index in [2.05, 4.69) is 10.6 Å². The third kappa shape index (κ3) is 8.21. The Kier molecular flexibility index (Phi) is 11.1. The molecule has 0 unspecified atom stereocenters. The number of alkyl carbamates (subject to hydrolysis) is 1. The van der Waals surface area contributed by atoms with E-state index in [1.165, 1.54) is 7.11 Å². The van der Waals surface area contributed by atoms with Gasteiger partial charge in [-0.05, 0) is 29.9 Å². The normalized spacial score (nSPS) is 13.7. The van der Waals surface area contributed by atoms with Crippen LogP contribution in [0.3, 0.4) is 0 Å².